The molecule has 1 N–H and O–H groups in total. The summed E-state index contributed by atoms with van der Waals surface area (Å²) in [6.07, 6.45) is 2.03. The van der Waals surface area contributed by atoms with Crippen molar-refractivity contribution in [1.29, 1.82) is 0 Å². The van der Waals surface area contributed by atoms with Crippen LogP contribution in [-0.4, -0.2) is 78.1 Å². The van der Waals surface area contributed by atoms with E-state index in [9.17, 15) is 9.59 Å². The number of hydrogen-bond donors (Lipinski definition) is 1. The highest BCUT2D eigenvalue weighted by molar-refractivity contribution is 5.76. The minimum atomic E-state index is -0.744. The summed E-state index contributed by atoms with van der Waals surface area (Å²) >= 11 is 0. The van der Waals surface area contributed by atoms with Crippen LogP contribution in [0.2, 0.25) is 0 Å². The summed E-state index contributed by atoms with van der Waals surface area (Å²) in [5.41, 5.74) is 0. The number of piperidine rings is 1. The number of carbonyl (C=O) groups is 2. The summed E-state index contributed by atoms with van der Waals surface area (Å²) in [4.78, 5) is 29.5. The molecule has 2 unspecified atom stereocenters. The predicted molar refractivity (Wildman–Crippen MR) is 82.3 cm³/mol. The minimum Gasteiger partial charge on any atom is -0.481 e. The molecule has 0 saturated carbocycles. The largest absolute Gasteiger partial charge is 0.481 e. The summed E-state index contributed by atoms with van der Waals surface area (Å²) in [6, 6.07) is 0.0427. The Morgan fingerprint density at radius 1 is 1.24 bits per heavy atom. The minimum absolute atomic E-state index is 0.00828. The average Bonchev–Trinajstić information content (AvgIpc) is 2.42. The summed E-state index contributed by atoms with van der Waals surface area (Å²) in [7, 11) is 3.99. The second-order valence-corrected chi connectivity index (χ2v) is 6.17. The number of urea groups is 1. The number of rotatable bonds is 6. The fourth-order valence-electron chi connectivity index (χ4n) is 2.76. The predicted octanol–water partition coefficient (Wildman–Crippen LogP) is 1.57. The Kier molecular flexibility index (Phi) is 6.95. The number of likely N-dealkylation sites (N-methyl/N-ethyl adjacent to an activating group) is 1. The summed E-state index contributed by atoms with van der Waals surface area (Å²) in [6.45, 7) is 6.85. The van der Waals surface area contributed by atoms with E-state index in [-0.39, 0.29) is 18.0 Å². The van der Waals surface area contributed by atoms with E-state index in [1.165, 1.54) is 0 Å². The monoisotopic (exact) mass is 299 g/mol. The molecule has 0 bridgehead atoms. The topological polar surface area (TPSA) is 64.1 Å². The van der Waals surface area contributed by atoms with Gasteiger partial charge in [0.2, 0.25) is 0 Å². The zero-order valence-corrected chi connectivity index (χ0v) is 13.7. The Bertz CT molecular complexity index is 360. The molecule has 0 radical (unpaired) electrons. The van der Waals surface area contributed by atoms with Gasteiger partial charge in [-0.3, -0.25) is 4.79 Å². The highest BCUT2D eigenvalue weighted by atomic mass is 16.4. The van der Waals surface area contributed by atoms with E-state index in [2.05, 4.69) is 11.8 Å². The van der Waals surface area contributed by atoms with Gasteiger partial charge in [0.15, 0.2) is 0 Å². The lowest BCUT2D eigenvalue weighted by Crippen LogP contribution is -2.52. The van der Waals surface area contributed by atoms with Crippen LogP contribution in [0.4, 0.5) is 4.79 Å². The Morgan fingerprint density at radius 2 is 1.90 bits per heavy atom. The number of amides is 2. The van der Waals surface area contributed by atoms with Crippen molar-refractivity contribution in [3.05, 3.63) is 0 Å². The molecule has 21 heavy (non-hydrogen) atoms. The summed E-state index contributed by atoms with van der Waals surface area (Å²) in [5.74, 6) is -1.06. The van der Waals surface area contributed by atoms with E-state index in [1.54, 1.807) is 0 Å². The van der Waals surface area contributed by atoms with Crippen LogP contribution in [0.1, 0.15) is 33.1 Å². The highest BCUT2D eigenvalue weighted by Gasteiger charge is 2.33. The van der Waals surface area contributed by atoms with Crippen molar-refractivity contribution >= 4 is 12.0 Å². The van der Waals surface area contributed by atoms with Gasteiger partial charge in [0.1, 0.15) is 0 Å². The molecule has 1 saturated heterocycles. The second kappa shape index (κ2) is 8.22. The third-order valence-electron chi connectivity index (χ3n) is 4.05. The van der Waals surface area contributed by atoms with Crippen LogP contribution < -0.4 is 0 Å². The number of hydrogen-bond acceptors (Lipinski definition) is 3. The highest BCUT2D eigenvalue weighted by Crippen LogP contribution is 2.24. The van der Waals surface area contributed by atoms with Gasteiger partial charge in [0.25, 0.3) is 0 Å². The maximum absolute atomic E-state index is 12.7. The molecule has 2 amide bonds. The number of likely N-dealkylation sites (tertiary alicyclic amines) is 1. The number of nitrogens with zero attached hydrogens (tertiary/aromatic N) is 3. The van der Waals surface area contributed by atoms with Crippen molar-refractivity contribution in [2.24, 2.45) is 5.92 Å². The van der Waals surface area contributed by atoms with E-state index in [0.717, 1.165) is 19.5 Å². The van der Waals surface area contributed by atoms with Gasteiger partial charge in [-0.25, -0.2) is 4.79 Å². The summed E-state index contributed by atoms with van der Waals surface area (Å²) < 4.78 is 0. The maximum atomic E-state index is 12.7. The first-order valence-electron chi connectivity index (χ1n) is 7.79. The molecular formula is C15H29N3O3. The number of aliphatic carboxylic acids is 1. The van der Waals surface area contributed by atoms with Crippen LogP contribution in [0.25, 0.3) is 0 Å². The molecule has 6 nitrogen and oxygen atoms in total. The van der Waals surface area contributed by atoms with E-state index in [0.29, 0.717) is 25.9 Å². The van der Waals surface area contributed by atoms with Gasteiger partial charge < -0.3 is 19.8 Å². The number of carboxylic acid groups (broad SMARTS) is 1. The third-order valence-corrected chi connectivity index (χ3v) is 4.05. The van der Waals surface area contributed by atoms with Crippen LogP contribution >= 0.6 is 0 Å². The molecule has 122 valence electrons. The number of carbonyl (C=O) groups excluding carboxylic acids is 1. The Labute approximate surface area is 127 Å². The van der Waals surface area contributed by atoms with E-state index < -0.39 is 5.97 Å². The molecule has 6 heteroatoms. The van der Waals surface area contributed by atoms with Crippen LogP contribution in [-0.2, 0) is 4.79 Å². The van der Waals surface area contributed by atoms with E-state index in [1.807, 2.05) is 30.8 Å². The first kappa shape index (κ1) is 17.8. The molecule has 1 heterocycles. The lowest BCUT2D eigenvalue weighted by Gasteiger charge is -2.39. The standard InChI is InChI=1S/C15H29N3O3/c1-5-7-17(10-9-16(3)4)15(21)18-8-6-13(14(19)20)11-12(18)2/h12-13H,5-11H2,1-4H3,(H,19,20). The van der Waals surface area contributed by atoms with Gasteiger partial charge in [0.05, 0.1) is 5.92 Å². The van der Waals surface area contributed by atoms with Gasteiger partial charge in [-0.15, -0.1) is 0 Å². The number of carboxylic acids is 1. The maximum Gasteiger partial charge on any atom is 0.320 e. The van der Waals surface area contributed by atoms with Crippen molar-refractivity contribution in [2.45, 2.75) is 39.2 Å². The van der Waals surface area contributed by atoms with Gasteiger partial charge in [-0.1, -0.05) is 6.92 Å². The van der Waals surface area contributed by atoms with Gasteiger partial charge >= 0.3 is 12.0 Å². The summed E-state index contributed by atoms with van der Waals surface area (Å²) in [5, 5.41) is 9.10. The molecule has 1 fully saturated rings. The molecule has 0 aliphatic carbocycles. The van der Waals surface area contributed by atoms with Crippen LogP contribution in [0.3, 0.4) is 0 Å². The van der Waals surface area contributed by atoms with Crippen molar-refractivity contribution in [1.82, 2.24) is 14.7 Å². The molecule has 0 aromatic rings. The molecule has 0 spiro atoms. The molecule has 0 aromatic heterocycles. The molecule has 2 atom stereocenters. The fraction of sp³-hybridized carbons (Fsp3) is 0.867. The van der Waals surface area contributed by atoms with E-state index in [4.69, 9.17) is 5.11 Å². The van der Waals surface area contributed by atoms with Gasteiger partial charge in [-0.2, -0.15) is 0 Å². The fourth-order valence-corrected chi connectivity index (χ4v) is 2.76. The van der Waals surface area contributed by atoms with Crippen molar-refractivity contribution in [3.8, 4) is 0 Å². The van der Waals surface area contributed by atoms with Crippen LogP contribution in [0.5, 0.6) is 0 Å². The molecule has 0 aromatic carbocycles. The molecule has 1 aliphatic rings. The molecule has 1 rings (SSSR count). The Morgan fingerprint density at radius 3 is 2.38 bits per heavy atom. The Hall–Kier alpha value is -1.30. The van der Waals surface area contributed by atoms with Crippen LogP contribution in [0, 0.1) is 5.92 Å². The quantitative estimate of drug-likeness (QED) is 0.808. The smallest absolute Gasteiger partial charge is 0.320 e. The molecular weight excluding hydrogens is 270 g/mol. The third kappa shape index (κ3) is 5.19. The first-order valence-corrected chi connectivity index (χ1v) is 7.79. The zero-order valence-electron chi connectivity index (χ0n) is 13.7. The van der Waals surface area contributed by atoms with Gasteiger partial charge in [-0.05, 0) is 40.3 Å². The zero-order chi connectivity index (χ0) is 16.0. The Balaban J connectivity index is 2.64. The average molecular weight is 299 g/mol. The normalized spacial score (nSPS) is 22.4. The van der Waals surface area contributed by atoms with Gasteiger partial charge in [0, 0.05) is 32.2 Å². The van der Waals surface area contributed by atoms with Crippen molar-refractivity contribution < 1.29 is 14.7 Å². The first-order chi connectivity index (χ1) is 9.86. The molecule has 1 aliphatic heterocycles. The second-order valence-electron chi connectivity index (χ2n) is 6.17. The SMILES string of the molecule is CCCN(CCN(C)C)C(=O)N1CCC(C(=O)O)CC1C. The lowest BCUT2D eigenvalue weighted by atomic mass is 9.92. The van der Waals surface area contributed by atoms with Crippen molar-refractivity contribution in [2.75, 3.05) is 40.3 Å². The van der Waals surface area contributed by atoms with E-state index >= 15 is 0 Å². The van der Waals surface area contributed by atoms with Crippen LogP contribution in [0.15, 0.2) is 0 Å². The lowest BCUT2D eigenvalue weighted by molar-refractivity contribution is -0.143. The van der Waals surface area contributed by atoms with Crippen molar-refractivity contribution in [3.63, 3.8) is 0 Å².